The average molecular weight is 223 g/mol. The molecule has 0 saturated heterocycles. The van der Waals surface area contributed by atoms with Gasteiger partial charge in [0.05, 0.1) is 23.8 Å². The number of fused-ring (bicyclic) bond motifs is 1. The number of carbonyl (C=O) groups is 1. The highest BCUT2D eigenvalue weighted by Crippen LogP contribution is 2.11. The van der Waals surface area contributed by atoms with Crippen LogP contribution in [-0.4, -0.2) is 35.0 Å². The van der Waals surface area contributed by atoms with Gasteiger partial charge in [0.15, 0.2) is 0 Å². The zero-order chi connectivity index (χ0) is 11.4. The maximum Gasteiger partial charge on any atom is 0.237 e. The maximum atomic E-state index is 11.8. The number of H-pyrrole nitrogens is 1. The largest absolute Gasteiger partial charge is 0.355 e. The van der Waals surface area contributed by atoms with Gasteiger partial charge in [-0.05, 0) is 13.0 Å². The molecule has 88 valence electrons. The summed E-state index contributed by atoms with van der Waals surface area (Å²) < 4.78 is 0. The van der Waals surface area contributed by atoms with Gasteiger partial charge in [0.25, 0.3) is 0 Å². The summed E-state index contributed by atoms with van der Waals surface area (Å²) in [4.78, 5) is 19.0. The molecule has 1 unspecified atom stereocenters. The summed E-state index contributed by atoms with van der Waals surface area (Å²) in [5, 5.41) is 6.03. The van der Waals surface area contributed by atoms with E-state index in [2.05, 4.69) is 20.6 Å². The van der Waals surface area contributed by atoms with E-state index in [-0.39, 0.29) is 11.9 Å². The monoisotopic (exact) mass is 223 g/mol. The SMILES string of the molecule is NCCCNC(=O)C1Cc2nc[nH]c2CN1. The van der Waals surface area contributed by atoms with Crippen LogP contribution in [0, 0.1) is 0 Å². The third-order valence-corrected chi connectivity index (χ3v) is 2.73. The summed E-state index contributed by atoms with van der Waals surface area (Å²) in [6.07, 6.45) is 3.13. The molecule has 1 aromatic rings. The normalized spacial score (nSPS) is 19.2. The second-order valence-corrected chi connectivity index (χ2v) is 3.90. The predicted molar refractivity (Wildman–Crippen MR) is 59.6 cm³/mol. The molecule has 2 heterocycles. The van der Waals surface area contributed by atoms with Gasteiger partial charge in [-0.1, -0.05) is 0 Å². The van der Waals surface area contributed by atoms with Crippen molar-refractivity contribution in [3.05, 3.63) is 17.7 Å². The number of nitrogens with zero attached hydrogens (tertiary/aromatic N) is 1. The Morgan fingerprint density at radius 3 is 3.38 bits per heavy atom. The second kappa shape index (κ2) is 5.09. The molecule has 1 aliphatic rings. The molecule has 0 bridgehead atoms. The van der Waals surface area contributed by atoms with E-state index < -0.39 is 0 Å². The van der Waals surface area contributed by atoms with Crippen LogP contribution in [-0.2, 0) is 17.8 Å². The van der Waals surface area contributed by atoms with Gasteiger partial charge in [-0.15, -0.1) is 0 Å². The lowest BCUT2D eigenvalue weighted by atomic mass is 10.0. The smallest absolute Gasteiger partial charge is 0.237 e. The molecule has 6 nitrogen and oxygen atoms in total. The summed E-state index contributed by atoms with van der Waals surface area (Å²) in [6.45, 7) is 1.91. The number of amides is 1. The van der Waals surface area contributed by atoms with Gasteiger partial charge in [-0.2, -0.15) is 0 Å². The molecule has 0 aliphatic carbocycles. The van der Waals surface area contributed by atoms with Crippen molar-refractivity contribution in [3.8, 4) is 0 Å². The summed E-state index contributed by atoms with van der Waals surface area (Å²) in [6, 6.07) is -0.173. The molecular weight excluding hydrogens is 206 g/mol. The van der Waals surface area contributed by atoms with E-state index in [1.807, 2.05) is 0 Å². The van der Waals surface area contributed by atoms with Crippen LogP contribution < -0.4 is 16.4 Å². The van der Waals surface area contributed by atoms with Crippen LogP contribution in [0.4, 0.5) is 0 Å². The zero-order valence-electron chi connectivity index (χ0n) is 9.12. The van der Waals surface area contributed by atoms with Gasteiger partial charge >= 0.3 is 0 Å². The van der Waals surface area contributed by atoms with E-state index >= 15 is 0 Å². The summed E-state index contributed by atoms with van der Waals surface area (Å²) >= 11 is 0. The Bertz CT molecular complexity index is 362. The van der Waals surface area contributed by atoms with Gasteiger partial charge in [-0.3, -0.25) is 10.1 Å². The Hall–Kier alpha value is -1.40. The molecule has 0 aromatic carbocycles. The summed E-state index contributed by atoms with van der Waals surface area (Å²) in [5.41, 5.74) is 7.42. The van der Waals surface area contributed by atoms with E-state index in [0.717, 1.165) is 17.8 Å². The van der Waals surface area contributed by atoms with Crippen LogP contribution >= 0.6 is 0 Å². The first-order chi connectivity index (χ1) is 7.81. The highest BCUT2D eigenvalue weighted by Gasteiger charge is 2.25. The highest BCUT2D eigenvalue weighted by molar-refractivity contribution is 5.82. The molecule has 0 fully saturated rings. The highest BCUT2D eigenvalue weighted by atomic mass is 16.2. The minimum Gasteiger partial charge on any atom is -0.355 e. The minimum absolute atomic E-state index is 0.0297. The molecule has 16 heavy (non-hydrogen) atoms. The number of rotatable bonds is 4. The zero-order valence-corrected chi connectivity index (χ0v) is 9.12. The molecule has 6 heteroatoms. The number of carbonyl (C=O) groups excluding carboxylic acids is 1. The van der Waals surface area contributed by atoms with Crippen LogP contribution in [0.2, 0.25) is 0 Å². The number of aromatic amines is 1. The number of hydrogen-bond donors (Lipinski definition) is 4. The fourth-order valence-corrected chi connectivity index (χ4v) is 1.79. The third kappa shape index (κ3) is 2.40. The number of nitrogens with two attached hydrogens (primary N) is 1. The van der Waals surface area contributed by atoms with Crippen molar-refractivity contribution in [2.45, 2.75) is 25.4 Å². The van der Waals surface area contributed by atoms with Crippen LogP contribution in [0.5, 0.6) is 0 Å². The van der Waals surface area contributed by atoms with Crippen LogP contribution in [0.15, 0.2) is 6.33 Å². The second-order valence-electron chi connectivity index (χ2n) is 3.90. The van der Waals surface area contributed by atoms with Gasteiger partial charge in [0.2, 0.25) is 5.91 Å². The summed E-state index contributed by atoms with van der Waals surface area (Å²) in [5.74, 6) is 0.0297. The fraction of sp³-hybridized carbons (Fsp3) is 0.600. The lowest BCUT2D eigenvalue weighted by molar-refractivity contribution is -0.123. The average Bonchev–Trinajstić information content (AvgIpc) is 2.76. The molecule has 0 radical (unpaired) electrons. The molecule has 5 N–H and O–H groups in total. The first kappa shape index (κ1) is 11.1. The molecule has 1 atom stereocenters. The fourth-order valence-electron chi connectivity index (χ4n) is 1.79. The molecular formula is C10H17N5O. The number of nitrogens with one attached hydrogen (secondary N) is 3. The van der Waals surface area contributed by atoms with Gasteiger partial charge < -0.3 is 16.0 Å². The van der Waals surface area contributed by atoms with Gasteiger partial charge in [-0.25, -0.2) is 4.98 Å². The van der Waals surface area contributed by atoms with E-state index in [4.69, 9.17) is 5.73 Å². The Morgan fingerprint density at radius 2 is 2.56 bits per heavy atom. The van der Waals surface area contributed by atoms with E-state index in [9.17, 15) is 4.79 Å². The quantitative estimate of drug-likeness (QED) is 0.487. The first-order valence-corrected chi connectivity index (χ1v) is 5.53. The molecule has 0 spiro atoms. The Labute approximate surface area is 94.0 Å². The van der Waals surface area contributed by atoms with Crippen molar-refractivity contribution in [3.63, 3.8) is 0 Å². The molecule has 1 aromatic heterocycles. The Morgan fingerprint density at radius 1 is 1.69 bits per heavy atom. The van der Waals surface area contributed by atoms with E-state index in [1.54, 1.807) is 6.33 Å². The topological polar surface area (TPSA) is 95.8 Å². The van der Waals surface area contributed by atoms with Crippen molar-refractivity contribution in [1.29, 1.82) is 0 Å². The number of imidazole rings is 1. The van der Waals surface area contributed by atoms with Crippen molar-refractivity contribution in [1.82, 2.24) is 20.6 Å². The van der Waals surface area contributed by atoms with Crippen LogP contribution in [0.3, 0.4) is 0 Å². The molecule has 0 saturated carbocycles. The first-order valence-electron chi connectivity index (χ1n) is 5.53. The van der Waals surface area contributed by atoms with Crippen LogP contribution in [0.25, 0.3) is 0 Å². The van der Waals surface area contributed by atoms with E-state index in [1.165, 1.54) is 0 Å². The molecule has 1 aliphatic heterocycles. The van der Waals surface area contributed by atoms with Crippen molar-refractivity contribution in [2.24, 2.45) is 5.73 Å². The molecule has 2 rings (SSSR count). The lowest BCUT2D eigenvalue weighted by Crippen LogP contribution is -2.48. The number of aromatic nitrogens is 2. The third-order valence-electron chi connectivity index (χ3n) is 2.73. The summed E-state index contributed by atoms with van der Waals surface area (Å²) in [7, 11) is 0. The van der Waals surface area contributed by atoms with Crippen molar-refractivity contribution in [2.75, 3.05) is 13.1 Å². The minimum atomic E-state index is -0.173. The van der Waals surface area contributed by atoms with Gasteiger partial charge in [0.1, 0.15) is 0 Å². The van der Waals surface area contributed by atoms with Gasteiger partial charge in [0, 0.05) is 19.5 Å². The predicted octanol–water partition coefficient (Wildman–Crippen LogP) is -1.11. The van der Waals surface area contributed by atoms with Crippen molar-refractivity contribution >= 4 is 5.91 Å². The standard InChI is InChI=1S/C10H17N5O/c11-2-1-3-12-10(16)8-4-7-9(5-13-8)15-6-14-7/h6,8,13H,1-5,11H2,(H,12,16)(H,14,15). The molecule has 1 amide bonds. The van der Waals surface area contributed by atoms with Crippen molar-refractivity contribution < 1.29 is 4.79 Å². The maximum absolute atomic E-state index is 11.8. The lowest BCUT2D eigenvalue weighted by Gasteiger charge is -2.22. The Kier molecular flexibility index (Phi) is 3.53. The Balaban J connectivity index is 1.86. The number of hydrogen-bond acceptors (Lipinski definition) is 4. The van der Waals surface area contributed by atoms with Crippen LogP contribution in [0.1, 0.15) is 17.8 Å². The van der Waals surface area contributed by atoms with E-state index in [0.29, 0.717) is 26.1 Å².